The predicted octanol–water partition coefficient (Wildman–Crippen LogP) is 1.20. The van der Waals surface area contributed by atoms with Gasteiger partial charge >= 0.3 is 11.1 Å². The van der Waals surface area contributed by atoms with Crippen molar-refractivity contribution in [3.05, 3.63) is 69.5 Å². The molecule has 3 aromatic heterocycles. The van der Waals surface area contributed by atoms with Gasteiger partial charge in [0.15, 0.2) is 5.65 Å². The lowest BCUT2D eigenvalue weighted by molar-refractivity contribution is 0.368. The third-order valence-electron chi connectivity index (χ3n) is 5.53. The molecule has 0 aliphatic carbocycles. The van der Waals surface area contributed by atoms with Crippen molar-refractivity contribution in [1.29, 1.82) is 0 Å². The first kappa shape index (κ1) is 18.8. The third-order valence-corrected chi connectivity index (χ3v) is 7.21. The van der Waals surface area contributed by atoms with Gasteiger partial charge in [0.2, 0.25) is 0 Å². The number of hydrogen-bond donors (Lipinski definition) is 2. The number of H-pyrrole nitrogens is 1. The van der Waals surface area contributed by atoms with Crippen molar-refractivity contribution in [2.75, 3.05) is 13.1 Å². The van der Waals surface area contributed by atoms with E-state index in [1.54, 1.807) is 24.3 Å². The Labute approximate surface area is 171 Å². The van der Waals surface area contributed by atoms with Crippen LogP contribution in [0.25, 0.3) is 22.1 Å². The van der Waals surface area contributed by atoms with Crippen molar-refractivity contribution in [3.8, 4) is 0 Å². The Balaban J connectivity index is 1.82. The van der Waals surface area contributed by atoms with Gasteiger partial charge in [0.1, 0.15) is 0 Å². The number of fused-ring (bicyclic) bond motifs is 3. The highest BCUT2D eigenvalue weighted by Crippen LogP contribution is 2.28. The Bertz CT molecular complexity index is 1480. The molecule has 0 atom stereocenters. The van der Waals surface area contributed by atoms with E-state index in [2.05, 4.69) is 15.3 Å². The van der Waals surface area contributed by atoms with Gasteiger partial charge in [0.05, 0.1) is 22.1 Å². The summed E-state index contributed by atoms with van der Waals surface area (Å²) in [6.45, 7) is 1.48. The highest BCUT2D eigenvalue weighted by atomic mass is 32.2. The van der Waals surface area contributed by atoms with E-state index < -0.39 is 21.1 Å². The number of piperidine rings is 1. The summed E-state index contributed by atoms with van der Waals surface area (Å²) in [4.78, 5) is 32.1. The number of aromatic amines is 1. The van der Waals surface area contributed by atoms with Crippen molar-refractivity contribution >= 4 is 32.1 Å². The predicted molar refractivity (Wildman–Crippen MR) is 112 cm³/mol. The summed E-state index contributed by atoms with van der Waals surface area (Å²) >= 11 is 0. The molecular weight excluding hydrogens is 406 g/mol. The van der Waals surface area contributed by atoms with Crippen LogP contribution >= 0.6 is 0 Å². The van der Waals surface area contributed by atoms with E-state index in [-0.39, 0.29) is 16.6 Å². The second-order valence-electron chi connectivity index (χ2n) is 7.30. The summed E-state index contributed by atoms with van der Waals surface area (Å²) in [5.74, 6) is 0. The zero-order valence-electron chi connectivity index (χ0n) is 15.9. The number of hydrogen-bond acceptors (Lipinski definition) is 6. The number of aromatic nitrogens is 4. The van der Waals surface area contributed by atoms with Crippen LogP contribution in [-0.2, 0) is 10.0 Å². The van der Waals surface area contributed by atoms with Crippen LogP contribution in [-0.4, -0.2) is 40.0 Å². The van der Waals surface area contributed by atoms with Gasteiger partial charge in [-0.1, -0.05) is 18.2 Å². The lowest BCUT2D eigenvalue weighted by Gasteiger charge is -2.26. The maximum absolute atomic E-state index is 13.1. The number of benzene rings is 1. The second kappa shape index (κ2) is 6.92. The van der Waals surface area contributed by atoms with Crippen molar-refractivity contribution in [1.82, 2.24) is 23.8 Å². The molecular formula is C20H19N5O4S. The van der Waals surface area contributed by atoms with Crippen LogP contribution in [0.5, 0.6) is 0 Å². The van der Waals surface area contributed by atoms with E-state index in [0.29, 0.717) is 29.3 Å². The average molecular weight is 425 g/mol. The first-order valence-corrected chi connectivity index (χ1v) is 11.1. The number of nitrogens with zero attached hydrogens (tertiary/aromatic N) is 3. The Morgan fingerprint density at radius 1 is 1.03 bits per heavy atom. The molecule has 5 rings (SSSR count). The fraction of sp³-hybridized carbons (Fsp3) is 0.250. The molecule has 30 heavy (non-hydrogen) atoms. The first-order chi connectivity index (χ1) is 14.5. The maximum atomic E-state index is 13.1. The zero-order valence-corrected chi connectivity index (χ0v) is 16.7. The smallest absolute Gasteiger partial charge is 0.317 e. The summed E-state index contributed by atoms with van der Waals surface area (Å²) in [5, 5.41) is 3.75. The van der Waals surface area contributed by atoms with E-state index in [4.69, 9.17) is 0 Å². The van der Waals surface area contributed by atoms with Gasteiger partial charge in [-0.3, -0.25) is 14.2 Å². The monoisotopic (exact) mass is 425 g/mol. The molecule has 1 aliphatic heterocycles. The van der Waals surface area contributed by atoms with E-state index in [1.807, 2.05) is 0 Å². The standard InChI is InChI=1S/C20H19N5O4S/c26-19-20(27)25(13-6-9-21-10-7-13)17-15-8-11-24(18(15)22-12-16(17)23-19)30(28,29)14-4-2-1-3-5-14/h1-5,8,11-13,21H,6-7,9-10H2,(H,23,26). The summed E-state index contributed by atoms with van der Waals surface area (Å²) in [6.07, 6.45) is 4.24. The van der Waals surface area contributed by atoms with Gasteiger partial charge in [-0.05, 0) is 44.1 Å². The van der Waals surface area contributed by atoms with Crippen LogP contribution in [0.3, 0.4) is 0 Å². The summed E-state index contributed by atoms with van der Waals surface area (Å²) in [5.41, 5.74) is -0.237. The minimum atomic E-state index is -3.86. The largest absolute Gasteiger partial charge is 0.317 e. The zero-order chi connectivity index (χ0) is 20.9. The van der Waals surface area contributed by atoms with Crippen LogP contribution in [0.15, 0.2) is 63.3 Å². The molecule has 1 saturated heterocycles. The quantitative estimate of drug-likeness (QED) is 0.476. The molecule has 0 saturated carbocycles. The van der Waals surface area contributed by atoms with Gasteiger partial charge in [0, 0.05) is 17.6 Å². The molecule has 1 aliphatic rings. The molecule has 0 spiro atoms. The molecule has 2 N–H and O–H groups in total. The van der Waals surface area contributed by atoms with Gasteiger partial charge in [-0.15, -0.1) is 0 Å². The lowest BCUT2D eigenvalue weighted by atomic mass is 10.1. The van der Waals surface area contributed by atoms with Gasteiger partial charge in [0.25, 0.3) is 10.0 Å². The minimum absolute atomic E-state index is 0.140. The molecule has 1 fully saturated rings. The Morgan fingerprint density at radius 3 is 2.50 bits per heavy atom. The SMILES string of the molecule is O=c1[nH]c2cnc3c(ccn3S(=O)(=O)c3ccccc3)c2n(C2CCNCC2)c1=O. The molecule has 154 valence electrons. The molecule has 9 nitrogen and oxygen atoms in total. The number of pyridine rings is 1. The van der Waals surface area contributed by atoms with E-state index in [0.717, 1.165) is 17.1 Å². The van der Waals surface area contributed by atoms with Crippen molar-refractivity contribution in [2.45, 2.75) is 23.8 Å². The summed E-state index contributed by atoms with van der Waals surface area (Å²) in [7, 11) is -3.86. The fourth-order valence-electron chi connectivity index (χ4n) is 4.10. The Kier molecular flexibility index (Phi) is 4.33. The second-order valence-corrected chi connectivity index (χ2v) is 9.11. The van der Waals surface area contributed by atoms with Crippen molar-refractivity contribution in [3.63, 3.8) is 0 Å². The van der Waals surface area contributed by atoms with Crippen LogP contribution in [0.1, 0.15) is 18.9 Å². The molecule has 10 heteroatoms. The molecule has 4 aromatic rings. The molecule has 1 aromatic carbocycles. The van der Waals surface area contributed by atoms with E-state index >= 15 is 0 Å². The molecule has 0 amide bonds. The van der Waals surface area contributed by atoms with Gasteiger partial charge in [-0.2, -0.15) is 0 Å². The van der Waals surface area contributed by atoms with Crippen LogP contribution in [0, 0.1) is 0 Å². The van der Waals surface area contributed by atoms with Crippen molar-refractivity contribution in [2.24, 2.45) is 0 Å². The van der Waals surface area contributed by atoms with E-state index in [9.17, 15) is 18.0 Å². The normalized spacial score (nSPS) is 15.7. The van der Waals surface area contributed by atoms with Crippen LogP contribution < -0.4 is 16.4 Å². The van der Waals surface area contributed by atoms with Crippen LogP contribution in [0.4, 0.5) is 0 Å². The minimum Gasteiger partial charge on any atom is -0.317 e. The first-order valence-electron chi connectivity index (χ1n) is 9.64. The topological polar surface area (TPSA) is 119 Å². The van der Waals surface area contributed by atoms with E-state index in [1.165, 1.54) is 29.1 Å². The number of nitrogens with one attached hydrogen (secondary N) is 2. The molecule has 0 bridgehead atoms. The highest BCUT2D eigenvalue weighted by Gasteiger charge is 2.24. The number of rotatable bonds is 3. The Hall–Kier alpha value is -3.24. The van der Waals surface area contributed by atoms with Gasteiger partial charge < -0.3 is 10.3 Å². The lowest BCUT2D eigenvalue weighted by Crippen LogP contribution is -2.41. The van der Waals surface area contributed by atoms with Gasteiger partial charge in [-0.25, -0.2) is 17.4 Å². The Morgan fingerprint density at radius 2 is 1.77 bits per heavy atom. The van der Waals surface area contributed by atoms with Crippen LogP contribution in [0.2, 0.25) is 0 Å². The molecule has 0 unspecified atom stereocenters. The third kappa shape index (κ3) is 2.79. The molecule has 4 heterocycles. The van der Waals surface area contributed by atoms with Crippen molar-refractivity contribution < 1.29 is 8.42 Å². The summed E-state index contributed by atoms with van der Waals surface area (Å²) in [6, 6.07) is 9.56. The molecule has 0 radical (unpaired) electrons. The fourth-order valence-corrected chi connectivity index (χ4v) is 5.42. The highest BCUT2D eigenvalue weighted by molar-refractivity contribution is 7.90. The average Bonchev–Trinajstić information content (AvgIpc) is 3.21. The maximum Gasteiger partial charge on any atom is 0.317 e. The summed E-state index contributed by atoms with van der Waals surface area (Å²) < 4.78 is 28.9.